The van der Waals surface area contributed by atoms with Crippen molar-refractivity contribution in [2.75, 3.05) is 46.8 Å². The molecule has 4 heteroatoms. The number of rotatable bonds is 7. The number of hydrogen-bond donors (Lipinski definition) is 1. The molecular formula is C18H32N4. The molecule has 0 atom stereocenters. The number of hydrazine groups is 1. The van der Waals surface area contributed by atoms with E-state index in [9.17, 15) is 0 Å². The second kappa shape index (κ2) is 8.63. The van der Waals surface area contributed by atoms with Gasteiger partial charge in [0.25, 0.3) is 0 Å². The topological polar surface area (TPSA) is 21.8 Å². The predicted octanol–water partition coefficient (Wildman–Crippen LogP) is 2.03. The molecular weight excluding hydrogens is 272 g/mol. The van der Waals surface area contributed by atoms with E-state index in [1.54, 1.807) is 0 Å². The van der Waals surface area contributed by atoms with Gasteiger partial charge in [0.1, 0.15) is 0 Å². The van der Waals surface area contributed by atoms with Gasteiger partial charge in [-0.05, 0) is 17.0 Å². The minimum absolute atomic E-state index is 0.773. The van der Waals surface area contributed by atoms with Crippen molar-refractivity contribution in [2.45, 2.75) is 26.9 Å². The molecule has 1 aromatic rings. The predicted molar refractivity (Wildman–Crippen MR) is 93.5 cm³/mol. The molecule has 22 heavy (non-hydrogen) atoms. The highest BCUT2D eigenvalue weighted by molar-refractivity contribution is 5.22. The van der Waals surface area contributed by atoms with Gasteiger partial charge < -0.3 is 4.90 Å². The summed E-state index contributed by atoms with van der Waals surface area (Å²) in [5, 5.41) is 1.99. The molecule has 1 aliphatic rings. The maximum atomic E-state index is 3.30. The Bertz CT molecular complexity index is 419. The zero-order chi connectivity index (χ0) is 15.9. The number of piperazine rings is 1. The normalized spacial score (nSPS) is 17.5. The van der Waals surface area contributed by atoms with E-state index in [1.165, 1.54) is 43.9 Å². The monoisotopic (exact) mass is 304 g/mol. The molecule has 1 fully saturated rings. The first-order valence-electron chi connectivity index (χ1n) is 8.46. The van der Waals surface area contributed by atoms with Crippen molar-refractivity contribution >= 4 is 0 Å². The Morgan fingerprint density at radius 3 is 2.05 bits per heavy atom. The Balaban J connectivity index is 1.75. The van der Waals surface area contributed by atoms with Crippen molar-refractivity contribution in [3.8, 4) is 0 Å². The Hall–Kier alpha value is -0.940. The molecule has 0 radical (unpaired) electrons. The van der Waals surface area contributed by atoms with Gasteiger partial charge in [0.2, 0.25) is 0 Å². The minimum Gasteiger partial charge on any atom is -0.301 e. The second-order valence-corrected chi connectivity index (χ2v) is 7.02. The van der Waals surface area contributed by atoms with Gasteiger partial charge in [0.05, 0.1) is 0 Å². The summed E-state index contributed by atoms with van der Waals surface area (Å²) in [6.45, 7) is 12.6. The zero-order valence-corrected chi connectivity index (χ0v) is 14.7. The fourth-order valence-corrected chi connectivity index (χ4v) is 2.92. The van der Waals surface area contributed by atoms with Crippen LogP contribution in [0.3, 0.4) is 0 Å². The molecule has 1 aromatic carbocycles. The standard InChI is InChI=1S/C18H32N4/c1-16(2)14-21-9-11-22(12-10-21)15-18-7-5-17(6-8-18)13-19-20(3)4/h5-8,16,19H,9-15H2,1-4H3. The SMILES string of the molecule is CC(C)CN1CCN(Cc2ccc(CNN(C)C)cc2)CC1. The van der Waals surface area contributed by atoms with Crippen LogP contribution in [0.4, 0.5) is 0 Å². The molecule has 1 N–H and O–H groups in total. The summed E-state index contributed by atoms with van der Waals surface area (Å²) >= 11 is 0. The van der Waals surface area contributed by atoms with E-state index in [0.717, 1.165) is 19.0 Å². The molecule has 0 aliphatic carbocycles. The molecule has 0 unspecified atom stereocenters. The molecule has 0 spiro atoms. The van der Waals surface area contributed by atoms with Crippen LogP contribution in [0.1, 0.15) is 25.0 Å². The van der Waals surface area contributed by atoms with Gasteiger partial charge in [-0.1, -0.05) is 38.1 Å². The van der Waals surface area contributed by atoms with Crippen molar-refractivity contribution < 1.29 is 0 Å². The number of nitrogens with one attached hydrogen (secondary N) is 1. The third kappa shape index (κ3) is 6.05. The molecule has 0 saturated carbocycles. The van der Waals surface area contributed by atoms with Gasteiger partial charge >= 0.3 is 0 Å². The first-order valence-corrected chi connectivity index (χ1v) is 8.46. The molecule has 0 amide bonds. The summed E-state index contributed by atoms with van der Waals surface area (Å²) in [6, 6.07) is 9.02. The van der Waals surface area contributed by atoms with Crippen LogP contribution in [0.15, 0.2) is 24.3 Å². The van der Waals surface area contributed by atoms with E-state index < -0.39 is 0 Å². The van der Waals surface area contributed by atoms with Gasteiger partial charge in [0, 0.05) is 59.9 Å². The van der Waals surface area contributed by atoms with Crippen LogP contribution in [0.5, 0.6) is 0 Å². The molecule has 0 aromatic heterocycles. The number of hydrogen-bond acceptors (Lipinski definition) is 4. The van der Waals surface area contributed by atoms with Crippen molar-refractivity contribution in [1.29, 1.82) is 0 Å². The lowest BCUT2D eigenvalue weighted by atomic mass is 10.1. The fraction of sp³-hybridized carbons (Fsp3) is 0.667. The summed E-state index contributed by atoms with van der Waals surface area (Å²) in [5.41, 5.74) is 6.06. The Kier molecular flexibility index (Phi) is 6.83. The highest BCUT2D eigenvalue weighted by atomic mass is 15.5. The highest BCUT2D eigenvalue weighted by Crippen LogP contribution is 2.11. The quantitative estimate of drug-likeness (QED) is 0.778. The number of nitrogens with zero attached hydrogens (tertiary/aromatic N) is 3. The minimum atomic E-state index is 0.773. The second-order valence-electron chi connectivity index (χ2n) is 7.02. The molecule has 1 saturated heterocycles. The summed E-state index contributed by atoms with van der Waals surface area (Å²) in [7, 11) is 4.04. The van der Waals surface area contributed by atoms with Gasteiger partial charge in [0.15, 0.2) is 0 Å². The molecule has 4 nitrogen and oxygen atoms in total. The largest absolute Gasteiger partial charge is 0.301 e. The zero-order valence-electron chi connectivity index (χ0n) is 14.7. The maximum Gasteiger partial charge on any atom is 0.0353 e. The summed E-state index contributed by atoms with van der Waals surface area (Å²) in [5.74, 6) is 0.773. The van der Waals surface area contributed by atoms with Crippen LogP contribution in [0, 0.1) is 5.92 Å². The molecule has 124 valence electrons. The summed E-state index contributed by atoms with van der Waals surface area (Å²) < 4.78 is 0. The van der Waals surface area contributed by atoms with E-state index >= 15 is 0 Å². The maximum absolute atomic E-state index is 3.30. The van der Waals surface area contributed by atoms with E-state index in [1.807, 2.05) is 19.1 Å². The van der Waals surface area contributed by atoms with Crippen LogP contribution < -0.4 is 5.43 Å². The van der Waals surface area contributed by atoms with Crippen molar-refractivity contribution in [1.82, 2.24) is 20.2 Å². The Morgan fingerprint density at radius 2 is 1.50 bits per heavy atom. The average Bonchev–Trinajstić information content (AvgIpc) is 2.48. The van der Waals surface area contributed by atoms with Crippen LogP contribution >= 0.6 is 0 Å². The van der Waals surface area contributed by atoms with E-state index in [-0.39, 0.29) is 0 Å². The lowest BCUT2D eigenvalue weighted by Crippen LogP contribution is -2.46. The average molecular weight is 304 g/mol. The van der Waals surface area contributed by atoms with E-state index in [2.05, 4.69) is 53.3 Å². The number of benzene rings is 1. The smallest absolute Gasteiger partial charge is 0.0353 e. The van der Waals surface area contributed by atoms with E-state index in [0.29, 0.717) is 0 Å². The lowest BCUT2D eigenvalue weighted by molar-refractivity contribution is 0.117. The molecule has 0 bridgehead atoms. The first-order chi connectivity index (χ1) is 10.5. The van der Waals surface area contributed by atoms with Crippen LogP contribution in [0.2, 0.25) is 0 Å². The third-order valence-corrected chi connectivity index (χ3v) is 4.12. The van der Waals surface area contributed by atoms with Crippen LogP contribution in [0.25, 0.3) is 0 Å². The molecule has 1 aliphatic heterocycles. The highest BCUT2D eigenvalue weighted by Gasteiger charge is 2.17. The van der Waals surface area contributed by atoms with Gasteiger partial charge in [-0.15, -0.1) is 0 Å². The van der Waals surface area contributed by atoms with Gasteiger partial charge in [-0.3, -0.25) is 15.3 Å². The van der Waals surface area contributed by atoms with E-state index in [4.69, 9.17) is 0 Å². The van der Waals surface area contributed by atoms with Crippen molar-refractivity contribution in [3.05, 3.63) is 35.4 Å². The molecule has 1 heterocycles. The summed E-state index contributed by atoms with van der Waals surface area (Å²) in [4.78, 5) is 5.17. The van der Waals surface area contributed by atoms with Gasteiger partial charge in [-0.2, -0.15) is 0 Å². The first kappa shape index (κ1) is 17.4. The summed E-state index contributed by atoms with van der Waals surface area (Å²) in [6.07, 6.45) is 0. The van der Waals surface area contributed by atoms with Gasteiger partial charge in [-0.25, -0.2) is 0 Å². The lowest BCUT2D eigenvalue weighted by Gasteiger charge is -2.35. The fourth-order valence-electron chi connectivity index (χ4n) is 2.92. The van der Waals surface area contributed by atoms with Crippen LogP contribution in [-0.2, 0) is 13.1 Å². The Labute approximate surface area is 136 Å². The van der Waals surface area contributed by atoms with Crippen LogP contribution in [-0.4, -0.2) is 61.6 Å². The van der Waals surface area contributed by atoms with Crippen molar-refractivity contribution in [3.63, 3.8) is 0 Å². The molecule has 2 rings (SSSR count). The van der Waals surface area contributed by atoms with Crippen molar-refractivity contribution in [2.24, 2.45) is 5.92 Å². The Morgan fingerprint density at radius 1 is 0.955 bits per heavy atom. The third-order valence-electron chi connectivity index (χ3n) is 4.12.